The Labute approximate surface area is 118 Å². The van der Waals surface area contributed by atoms with Crippen LogP contribution in [0, 0.1) is 5.82 Å². The molecule has 0 heterocycles. The van der Waals surface area contributed by atoms with Crippen LogP contribution in [0.4, 0.5) is 4.39 Å². The SMILES string of the molecule is CCCc1ccc(C(N)c2ccc(Cl)c(F)c2)cc1. The number of aryl methyl sites for hydroxylation is 1. The van der Waals surface area contributed by atoms with Crippen LogP contribution in [-0.2, 0) is 6.42 Å². The Morgan fingerprint density at radius 1 is 1.11 bits per heavy atom. The predicted octanol–water partition coefficient (Wildman–Crippen LogP) is 4.48. The molecule has 0 radical (unpaired) electrons. The molecule has 3 heteroatoms. The molecule has 1 atom stereocenters. The van der Waals surface area contributed by atoms with Crippen LogP contribution >= 0.6 is 11.6 Å². The highest BCUT2D eigenvalue weighted by Crippen LogP contribution is 2.24. The summed E-state index contributed by atoms with van der Waals surface area (Å²) in [4.78, 5) is 0. The Bertz CT molecular complexity index is 551. The van der Waals surface area contributed by atoms with E-state index in [2.05, 4.69) is 19.1 Å². The van der Waals surface area contributed by atoms with Gasteiger partial charge >= 0.3 is 0 Å². The van der Waals surface area contributed by atoms with Crippen molar-refractivity contribution in [2.75, 3.05) is 0 Å². The molecule has 1 nitrogen and oxygen atoms in total. The highest BCUT2D eigenvalue weighted by Gasteiger charge is 2.11. The molecule has 0 saturated heterocycles. The van der Waals surface area contributed by atoms with E-state index in [1.165, 1.54) is 17.7 Å². The summed E-state index contributed by atoms with van der Waals surface area (Å²) in [5.41, 5.74) is 9.14. The van der Waals surface area contributed by atoms with Crippen LogP contribution in [0.1, 0.15) is 36.1 Å². The van der Waals surface area contributed by atoms with Gasteiger partial charge in [-0.15, -0.1) is 0 Å². The zero-order valence-electron chi connectivity index (χ0n) is 10.9. The smallest absolute Gasteiger partial charge is 0.142 e. The first kappa shape index (κ1) is 14.0. The molecule has 0 saturated carbocycles. The van der Waals surface area contributed by atoms with E-state index in [4.69, 9.17) is 17.3 Å². The largest absolute Gasteiger partial charge is 0.320 e. The zero-order valence-corrected chi connectivity index (χ0v) is 11.6. The van der Waals surface area contributed by atoms with Gasteiger partial charge in [0.15, 0.2) is 0 Å². The summed E-state index contributed by atoms with van der Waals surface area (Å²) >= 11 is 5.67. The summed E-state index contributed by atoms with van der Waals surface area (Å²) in [6, 6.07) is 12.5. The molecule has 19 heavy (non-hydrogen) atoms. The fourth-order valence-corrected chi connectivity index (χ4v) is 2.20. The number of hydrogen-bond acceptors (Lipinski definition) is 1. The van der Waals surface area contributed by atoms with Crippen LogP contribution in [0.15, 0.2) is 42.5 Å². The first-order valence-electron chi connectivity index (χ1n) is 6.41. The van der Waals surface area contributed by atoms with Crippen molar-refractivity contribution in [1.29, 1.82) is 0 Å². The molecule has 0 spiro atoms. The van der Waals surface area contributed by atoms with Crippen molar-refractivity contribution in [1.82, 2.24) is 0 Å². The van der Waals surface area contributed by atoms with E-state index in [1.54, 1.807) is 6.07 Å². The third kappa shape index (κ3) is 3.34. The van der Waals surface area contributed by atoms with Gasteiger partial charge in [-0.1, -0.05) is 55.3 Å². The standard InChI is InChI=1S/C16H17ClFN/c1-2-3-11-4-6-12(7-5-11)16(19)13-8-9-14(17)15(18)10-13/h4-10,16H,2-3,19H2,1H3. The first-order chi connectivity index (χ1) is 9.11. The molecule has 0 bridgehead atoms. The lowest BCUT2D eigenvalue weighted by Crippen LogP contribution is -2.12. The van der Waals surface area contributed by atoms with E-state index in [0.29, 0.717) is 0 Å². The highest BCUT2D eigenvalue weighted by atomic mass is 35.5. The van der Waals surface area contributed by atoms with Crippen LogP contribution in [-0.4, -0.2) is 0 Å². The molecule has 2 rings (SSSR count). The third-order valence-corrected chi connectivity index (χ3v) is 3.49. The number of rotatable bonds is 4. The molecular formula is C16H17ClFN. The minimum atomic E-state index is -0.433. The number of hydrogen-bond donors (Lipinski definition) is 1. The Morgan fingerprint density at radius 3 is 2.32 bits per heavy atom. The second-order valence-electron chi connectivity index (χ2n) is 4.64. The number of halogens is 2. The van der Waals surface area contributed by atoms with E-state index < -0.39 is 5.82 Å². The predicted molar refractivity (Wildman–Crippen MR) is 77.9 cm³/mol. The first-order valence-corrected chi connectivity index (χ1v) is 6.79. The van der Waals surface area contributed by atoms with Crippen LogP contribution in [0.25, 0.3) is 0 Å². The number of nitrogens with two attached hydrogens (primary N) is 1. The maximum absolute atomic E-state index is 13.4. The normalized spacial score (nSPS) is 12.4. The summed E-state index contributed by atoms with van der Waals surface area (Å²) in [5.74, 6) is -0.433. The van der Waals surface area contributed by atoms with E-state index >= 15 is 0 Å². The van der Waals surface area contributed by atoms with E-state index in [0.717, 1.165) is 24.0 Å². The third-order valence-electron chi connectivity index (χ3n) is 3.18. The summed E-state index contributed by atoms with van der Waals surface area (Å²) in [6.07, 6.45) is 2.18. The summed E-state index contributed by atoms with van der Waals surface area (Å²) in [7, 11) is 0. The summed E-state index contributed by atoms with van der Waals surface area (Å²) in [6.45, 7) is 2.15. The quantitative estimate of drug-likeness (QED) is 0.876. The van der Waals surface area contributed by atoms with Crippen molar-refractivity contribution in [2.45, 2.75) is 25.8 Å². The fraction of sp³-hybridized carbons (Fsp3) is 0.250. The van der Waals surface area contributed by atoms with Gasteiger partial charge in [-0.25, -0.2) is 4.39 Å². The highest BCUT2D eigenvalue weighted by molar-refractivity contribution is 6.30. The van der Waals surface area contributed by atoms with Gasteiger partial charge in [0.05, 0.1) is 11.1 Å². The average molecular weight is 278 g/mol. The molecule has 2 aromatic carbocycles. The van der Waals surface area contributed by atoms with E-state index in [-0.39, 0.29) is 11.1 Å². The van der Waals surface area contributed by atoms with Gasteiger partial charge in [0, 0.05) is 0 Å². The lowest BCUT2D eigenvalue weighted by Gasteiger charge is -2.13. The molecule has 0 amide bonds. The molecular weight excluding hydrogens is 261 g/mol. The second-order valence-corrected chi connectivity index (χ2v) is 5.05. The Balaban J connectivity index is 2.22. The average Bonchev–Trinajstić information content (AvgIpc) is 2.42. The summed E-state index contributed by atoms with van der Waals surface area (Å²) in [5, 5.41) is 0.120. The van der Waals surface area contributed by atoms with Gasteiger partial charge in [-0.3, -0.25) is 0 Å². The Kier molecular flexibility index (Phi) is 4.56. The zero-order chi connectivity index (χ0) is 13.8. The second kappa shape index (κ2) is 6.18. The van der Waals surface area contributed by atoms with Crippen molar-refractivity contribution in [3.63, 3.8) is 0 Å². The Morgan fingerprint density at radius 2 is 1.74 bits per heavy atom. The summed E-state index contributed by atoms with van der Waals surface area (Å²) < 4.78 is 13.4. The van der Waals surface area contributed by atoms with Crippen molar-refractivity contribution >= 4 is 11.6 Å². The minimum absolute atomic E-state index is 0.120. The van der Waals surface area contributed by atoms with Crippen LogP contribution in [0.3, 0.4) is 0 Å². The van der Waals surface area contributed by atoms with Crippen LogP contribution in [0.5, 0.6) is 0 Å². The molecule has 0 aliphatic heterocycles. The lowest BCUT2D eigenvalue weighted by atomic mass is 9.98. The molecule has 0 aliphatic rings. The molecule has 0 fully saturated rings. The monoisotopic (exact) mass is 277 g/mol. The fourth-order valence-electron chi connectivity index (χ4n) is 2.08. The van der Waals surface area contributed by atoms with Gasteiger partial charge in [0.2, 0.25) is 0 Å². The maximum atomic E-state index is 13.4. The maximum Gasteiger partial charge on any atom is 0.142 e. The van der Waals surface area contributed by atoms with Crippen molar-refractivity contribution < 1.29 is 4.39 Å². The molecule has 2 aromatic rings. The minimum Gasteiger partial charge on any atom is -0.320 e. The van der Waals surface area contributed by atoms with Crippen LogP contribution < -0.4 is 5.73 Å². The molecule has 1 unspecified atom stereocenters. The van der Waals surface area contributed by atoms with Gasteiger partial charge in [0.25, 0.3) is 0 Å². The van der Waals surface area contributed by atoms with Crippen molar-refractivity contribution in [2.24, 2.45) is 5.73 Å². The molecule has 0 aromatic heterocycles. The van der Waals surface area contributed by atoms with E-state index in [1.807, 2.05) is 12.1 Å². The van der Waals surface area contributed by atoms with E-state index in [9.17, 15) is 4.39 Å². The van der Waals surface area contributed by atoms with Crippen molar-refractivity contribution in [3.8, 4) is 0 Å². The van der Waals surface area contributed by atoms with Gasteiger partial charge in [0.1, 0.15) is 5.82 Å². The van der Waals surface area contributed by atoms with Crippen LogP contribution in [0.2, 0.25) is 5.02 Å². The molecule has 2 N–H and O–H groups in total. The van der Waals surface area contributed by atoms with Crippen molar-refractivity contribution in [3.05, 3.63) is 70.0 Å². The van der Waals surface area contributed by atoms with Gasteiger partial charge in [-0.05, 0) is 35.2 Å². The lowest BCUT2D eigenvalue weighted by molar-refractivity contribution is 0.624. The van der Waals surface area contributed by atoms with Gasteiger partial charge < -0.3 is 5.73 Å². The molecule has 0 aliphatic carbocycles. The molecule has 100 valence electrons. The van der Waals surface area contributed by atoms with Gasteiger partial charge in [-0.2, -0.15) is 0 Å². The Hall–Kier alpha value is -1.38. The number of benzene rings is 2. The topological polar surface area (TPSA) is 26.0 Å².